The third-order valence-electron chi connectivity index (χ3n) is 4.52. The molecule has 1 aliphatic carbocycles. The van der Waals surface area contributed by atoms with E-state index in [0.29, 0.717) is 11.6 Å². The maximum Gasteiger partial charge on any atom is 0.248 e. The number of hydrogen-bond donors (Lipinski definition) is 2. The Morgan fingerprint density at radius 3 is 2.60 bits per heavy atom. The second-order valence-corrected chi connectivity index (χ2v) is 6.30. The summed E-state index contributed by atoms with van der Waals surface area (Å²) in [6.07, 6.45) is 5.18. The molecule has 2 rings (SSSR count). The van der Waals surface area contributed by atoms with Crippen molar-refractivity contribution in [2.45, 2.75) is 52.1 Å². The largest absolute Gasteiger partial charge is 0.366 e. The van der Waals surface area contributed by atoms with Crippen molar-refractivity contribution in [1.82, 2.24) is 5.32 Å². The molecule has 1 saturated carbocycles. The summed E-state index contributed by atoms with van der Waals surface area (Å²) < 4.78 is 0. The van der Waals surface area contributed by atoms with E-state index in [4.69, 9.17) is 5.73 Å². The molecule has 0 saturated heterocycles. The fourth-order valence-corrected chi connectivity index (χ4v) is 3.09. The minimum Gasteiger partial charge on any atom is -0.366 e. The number of carbonyl (C=O) groups excluding carboxylic acids is 1. The van der Waals surface area contributed by atoms with Crippen LogP contribution in [0.5, 0.6) is 0 Å². The predicted molar refractivity (Wildman–Crippen MR) is 82.4 cm³/mol. The van der Waals surface area contributed by atoms with Gasteiger partial charge in [0.2, 0.25) is 5.91 Å². The topological polar surface area (TPSA) is 55.1 Å². The van der Waals surface area contributed by atoms with Crippen molar-refractivity contribution in [3.63, 3.8) is 0 Å². The number of rotatable bonds is 5. The van der Waals surface area contributed by atoms with Crippen LogP contribution in [0.3, 0.4) is 0 Å². The van der Waals surface area contributed by atoms with E-state index in [9.17, 15) is 4.79 Å². The van der Waals surface area contributed by atoms with Gasteiger partial charge in [0.25, 0.3) is 0 Å². The van der Waals surface area contributed by atoms with E-state index in [-0.39, 0.29) is 5.91 Å². The molecule has 1 aliphatic rings. The van der Waals surface area contributed by atoms with Crippen LogP contribution in [0.25, 0.3) is 0 Å². The molecular formula is C17H26N2O. The normalized spacial score (nSPS) is 22.9. The molecule has 110 valence electrons. The van der Waals surface area contributed by atoms with Gasteiger partial charge >= 0.3 is 0 Å². The maximum atomic E-state index is 11.2. The van der Waals surface area contributed by atoms with Crippen molar-refractivity contribution in [2.75, 3.05) is 0 Å². The second kappa shape index (κ2) is 6.89. The van der Waals surface area contributed by atoms with Gasteiger partial charge in [-0.2, -0.15) is 0 Å². The van der Waals surface area contributed by atoms with E-state index in [1.807, 2.05) is 18.2 Å². The molecule has 20 heavy (non-hydrogen) atoms. The molecule has 0 heterocycles. The van der Waals surface area contributed by atoms with Crippen LogP contribution in [-0.2, 0) is 6.54 Å². The van der Waals surface area contributed by atoms with E-state index < -0.39 is 0 Å². The highest BCUT2D eigenvalue weighted by Gasteiger charge is 2.22. The minimum absolute atomic E-state index is 0.357. The van der Waals surface area contributed by atoms with Crippen LogP contribution >= 0.6 is 0 Å². The lowest BCUT2D eigenvalue weighted by Crippen LogP contribution is -2.33. The summed E-state index contributed by atoms with van der Waals surface area (Å²) in [6.45, 7) is 5.47. The zero-order chi connectivity index (χ0) is 14.5. The van der Waals surface area contributed by atoms with Crippen molar-refractivity contribution in [1.29, 1.82) is 0 Å². The van der Waals surface area contributed by atoms with Crippen LogP contribution in [0, 0.1) is 11.8 Å². The number of hydrogen-bond acceptors (Lipinski definition) is 2. The third kappa shape index (κ3) is 4.07. The molecule has 0 spiro atoms. The van der Waals surface area contributed by atoms with Gasteiger partial charge in [0, 0.05) is 18.2 Å². The summed E-state index contributed by atoms with van der Waals surface area (Å²) in [7, 11) is 0. The lowest BCUT2D eigenvalue weighted by Gasteiger charge is -2.31. The Bertz CT molecular complexity index is 448. The molecule has 1 amide bonds. The van der Waals surface area contributed by atoms with Gasteiger partial charge in [-0.05, 0) is 55.2 Å². The number of primary amides is 1. The first-order valence-corrected chi connectivity index (χ1v) is 7.68. The van der Waals surface area contributed by atoms with Crippen LogP contribution in [-0.4, -0.2) is 11.9 Å². The van der Waals surface area contributed by atoms with Gasteiger partial charge in [-0.3, -0.25) is 4.79 Å². The number of nitrogens with two attached hydrogens (primary N) is 1. The fourth-order valence-electron chi connectivity index (χ4n) is 3.09. The smallest absolute Gasteiger partial charge is 0.248 e. The molecule has 1 aromatic carbocycles. The van der Waals surface area contributed by atoms with Crippen LogP contribution in [0.4, 0.5) is 0 Å². The van der Waals surface area contributed by atoms with Crippen molar-refractivity contribution < 1.29 is 4.79 Å². The first-order chi connectivity index (χ1) is 9.56. The fraction of sp³-hybridized carbons (Fsp3) is 0.588. The van der Waals surface area contributed by atoms with Crippen molar-refractivity contribution in [3.05, 3.63) is 35.4 Å². The van der Waals surface area contributed by atoms with Crippen LogP contribution in [0.1, 0.15) is 55.5 Å². The molecule has 3 N–H and O–H groups in total. The van der Waals surface area contributed by atoms with Crippen LogP contribution in [0.2, 0.25) is 0 Å². The number of amides is 1. The first kappa shape index (κ1) is 15.0. The molecule has 0 atom stereocenters. The molecule has 0 radical (unpaired) electrons. The molecule has 1 fully saturated rings. The third-order valence-corrected chi connectivity index (χ3v) is 4.52. The molecule has 0 unspecified atom stereocenters. The van der Waals surface area contributed by atoms with Gasteiger partial charge in [0.15, 0.2) is 0 Å². The van der Waals surface area contributed by atoms with Crippen molar-refractivity contribution >= 4 is 5.91 Å². The number of nitrogens with one attached hydrogen (secondary N) is 1. The molecule has 0 aliphatic heterocycles. The van der Waals surface area contributed by atoms with Gasteiger partial charge in [0.05, 0.1) is 0 Å². The van der Waals surface area contributed by atoms with Crippen LogP contribution in [0.15, 0.2) is 24.3 Å². The summed E-state index contributed by atoms with van der Waals surface area (Å²) >= 11 is 0. The molecule has 0 bridgehead atoms. The van der Waals surface area contributed by atoms with Gasteiger partial charge in [-0.1, -0.05) is 26.0 Å². The SMILES string of the molecule is CC(C)C1CCC(NCc2cccc(C(N)=O)c2)CC1. The Labute approximate surface area is 121 Å². The second-order valence-electron chi connectivity index (χ2n) is 6.30. The highest BCUT2D eigenvalue weighted by molar-refractivity contribution is 5.92. The van der Waals surface area contributed by atoms with Gasteiger partial charge in [0.1, 0.15) is 0 Å². The number of carbonyl (C=O) groups is 1. The van der Waals surface area contributed by atoms with Crippen molar-refractivity contribution in [2.24, 2.45) is 17.6 Å². The lowest BCUT2D eigenvalue weighted by molar-refractivity contribution is 0.1000. The highest BCUT2D eigenvalue weighted by Crippen LogP contribution is 2.29. The zero-order valence-corrected chi connectivity index (χ0v) is 12.6. The average Bonchev–Trinajstić information content (AvgIpc) is 2.46. The standard InChI is InChI=1S/C17H26N2O/c1-12(2)14-6-8-16(9-7-14)19-11-13-4-3-5-15(10-13)17(18)20/h3-5,10,12,14,16,19H,6-9,11H2,1-2H3,(H2,18,20). The van der Waals surface area contributed by atoms with E-state index in [1.54, 1.807) is 6.07 Å². The van der Waals surface area contributed by atoms with Gasteiger partial charge < -0.3 is 11.1 Å². The Balaban J connectivity index is 1.81. The van der Waals surface area contributed by atoms with E-state index in [1.165, 1.54) is 25.7 Å². The molecule has 1 aromatic rings. The van der Waals surface area contributed by atoms with E-state index in [2.05, 4.69) is 19.2 Å². The lowest BCUT2D eigenvalue weighted by atomic mass is 9.80. The molecule has 3 heteroatoms. The number of benzene rings is 1. The first-order valence-electron chi connectivity index (χ1n) is 7.68. The summed E-state index contributed by atoms with van der Waals surface area (Å²) in [5.41, 5.74) is 7.03. The molecular weight excluding hydrogens is 248 g/mol. The summed E-state index contributed by atoms with van der Waals surface area (Å²) in [6, 6.07) is 8.20. The molecule has 0 aromatic heterocycles. The Morgan fingerprint density at radius 2 is 2.00 bits per heavy atom. The average molecular weight is 274 g/mol. The minimum atomic E-state index is -0.357. The van der Waals surface area contributed by atoms with Gasteiger partial charge in [-0.15, -0.1) is 0 Å². The van der Waals surface area contributed by atoms with Crippen LogP contribution < -0.4 is 11.1 Å². The zero-order valence-electron chi connectivity index (χ0n) is 12.6. The van der Waals surface area contributed by atoms with E-state index in [0.717, 1.165) is 23.9 Å². The Morgan fingerprint density at radius 1 is 1.30 bits per heavy atom. The van der Waals surface area contributed by atoms with Crippen molar-refractivity contribution in [3.8, 4) is 0 Å². The molecule has 3 nitrogen and oxygen atoms in total. The summed E-state index contributed by atoms with van der Waals surface area (Å²) in [5.74, 6) is 1.35. The summed E-state index contributed by atoms with van der Waals surface area (Å²) in [5, 5.41) is 3.61. The summed E-state index contributed by atoms with van der Waals surface area (Å²) in [4.78, 5) is 11.2. The highest BCUT2D eigenvalue weighted by atomic mass is 16.1. The quantitative estimate of drug-likeness (QED) is 0.867. The Kier molecular flexibility index (Phi) is 5.18. The maximum absolute atomic E-state index is 11.2. The Hall–Kier alpha value is -1.35. The monoisotopic (exact) mass is 274 g/mol. The predicted octanol–water partition coefficient (Wildman–Crippen LogP) is 3.09. The van der Waals surface area contributed by atoms with Gasteiger partial charge in [-0.25, -0.2) is 0 Å². The van der Waals surface area contributed by atoms with E-state index >= 15 is 0 Å².